The Morgan fingerprint density at radius 2 is 2.12 bits per heavy atom. The van der Waals surface area contributed by atoms with Crippen LogP contribution in [-0.4, -0.2) is 5.78 Å². The molecule has 0 aliphatic rings. The predicted molar refractivity (Wildman–Crippen MR) is 58.5 cm³/mol. The Hall–Kier alpha value is -1.23. The standard InChI is InChI=1S/C11H7BrF2O2/c1-2-8(15)9-3-5-6(12)4-7(13)10(14)11(5)16-9/h3-4H,2H2,1H3. The second kappa shape index (κ2) is 3.97. The molecule has 0 aliphatic carbocycles. The van der Waals surface area contributed by atoms with E-state index < -0.39 is 11.6 Å². The number of fused-ring (bicyclic) bond motifs is 1. The number of hydrogen-bond acceptors (Lipinski definition) is 2. The minimum atomic E-state index is -1.08. The van der Waals surface area contributed by atoms with Gasteiger partial charge in [0.1, 0.15) is 0 Å². The van der Waals surface area contributed by atoms with Gasteiger partial charge in [-0.25, -0.2) is 4.39 Å². The van der Waals surface area contributed by atoms with Crippen molar-refractivity contribution in [1.82, 2.24) is 0 Å². The summed E-state index contributed by atoms with van der Waals surface area (Å²) in [5, 5.41) is 0.357. The summed E-state index contributed by atoms with van der Waals surface area (Å²) in [5.74, 6) is -2.29. The average Bonchev–Trinajstić information content (AvgIpc) is 2.70. The van der Waals surface area contributed by atoms with Gasteiger partial charge < -0.3 is 4.42 Å². The maximum Gasteiger partial charge on any atom is 0.201 e. The van der Waals surface area contributed by atoms with E-state index in [1.807, 2.05) is 0 Å². The van der Waals surface area contributed by atoms with E-state index in [0.29, 0.717) is 9.86 Å². The minimum absolute atomic E-state index is 0.0442. The van der Waals surface area contributed by atoms with Crippen LogP contribution in [-0.2, 0) is 0 Å². The van der Waals surface area contributed by atoms with Crippen molar-refractivity contribution in [3.8, 4) is 0 Å². The lowest BCUT2D eigenvalue weighted by molar-refractivity contribution is 0.0963. The molecule has 0 aliphatic heterocycles. The third-order valence-corrected chi connectivity index (χ3v) is 2.90. The number of ketones is 1. The van der Waals surface area contributed by atoms with E-state index in [1.165, 1.54) is 6.07 Å². The van der Waals surface area contributed by atoms with Gasteiger partial charge in [0.05, 0.1) is 0 Å². The van der Waals surface area contributed by atoms with Crippen LogP contribution in [0.2, 0.25) is 0 Å². The summed E-state index contributed by atoms with van der Waals surface area (Å²) in [7, 11) is 0. The van der Waals surface area contributed by atoms with Crippen LogP contribution in [0.1, 0.15) is 23.9 Å². The average molecular weight is 289 g/mol. The fraction of sp³-hybridized carbons (Fsp3) is 0.182. The maximum absolute atomic E-state index is 13.4. The summed E-state index contributed by atoms with van der Waals surface area (Å²) in [4.78, 5) is 11.4. The number of hydrogen-bond donors (Lipinski definition) is 0. The number of Topliss-reactive ketones (excluding diaryl/α,β-unsaturated/α-hetero) is 1. The fourth-order valence-electron chi connectivity index (χ4n) is 1.40. The van der Waals surface area contributed by atoms with Gasteiger partial charge in [0.2, 0.25) is 5.82 Å². The van der Waals surface area contributed by atoms with Crippen LogP contribution in [0.5, 0.6) is 0 Å². The molecule has 5 heteroatoms. The van der Waals surface area contributed by atoms with Crippen molar-refractivity contribution in [2.75, 3.05) is 0 Å². The Kier molecular flexibility index (Phi) is 2.80. The van der Waals surface area contributed by atoms with Crippen LogP contribution in [0.3, 0.4) is 0 Å². The maximum atomic E-state index is 13.4. The van der Waals surface area contributed by atoms with E-state index in [4.69, 9.17) is 4.42 Å². The molecule has 0 unspecified atom stereocenters. The third kappa shape index (κ3) is 1.65. The number of halogens is 3. The van der Waals surface area contributed by atoms with Gasteiger partial charge in [-0.15, -0.1) is 0 Å². The van der Waals surface area contributed by atoms with Gasteiger partial charge in [0, 0.05) is 16.3 Å². The van der Waals surface area contributed by atoms with Gasteiger partial charge >= 0.3 is 0 Å². The first kappa shape index (κ1) is 11.3. The minimum Gasteiger partial charge on any atom is -0.450 e. The molecule has 84 valence electrons. The van der Waals surface area contributed by atoms with Crippen molar-refractivity contribution in [1.29, 1.82) is 0 Å². The Bertz CT molecular complexity index is 575. The summed E-state index contributed by atoms with van der Waals surface area (Å²) in [5.41, 5.74) is -0.233. The first-order valence-electron chi connectivity index (χ1n) is 4.64. The van der Waals surface area contributed by atoms with E-state index in [0.717, 1.165) is 6.07 Å². The number of benzene rings is 1. The summed E-state index contributed by atoms with van der Waals surface area (Å²) in [6.07, 6.45) is 0.252. The summed E-state index contributed by atoms with van der Waals surface area (Å²) in [6, 6.07) is 2.42. The largest absolute Gasteiger partial charge is 0.450 e. The predicted octanol–water partition coefficient (Wildman–Crippen LogP) is 4.07. The molecule has 1 aromatic heterocycles. The van der Waals surface area contributed by atoms with Crippen molar-refractivity contribution < 1.29 is 18.0 Å². The van der Waals surface area contributed by atoms with E-state index in [-0.39, 0.29) is 23.5 Å². The second-order valence-electron chi connectivity index (χ2n) is 3.28. The summed E-state index contributed by atoms with van der Waals surface area (Å²) < 4.78 is 31.8. The smallest absolute Gasteiger partial charge is 0.201 e. The lowest BCUT2D eigenvalue weighted by Crippen LogP contribution is -1.92. The van der Waals surface area contributed by atoms with Crippen molar-refractivity contribution in [2.45, 2.75) is 13.3 Å². The quantitative estimate of drug-likeness (QED) is 0.616. The second-order valence-corrected chi connectivity index (χ2v) is 4.14. The monoisotopic (exact) mass is 288 g/mol. The molecule has 1 heterocycles. The lowest BCUT2D eigenvalue weighted by Gasteiger charge is -1.95. The summed E-state index contributed by atoms with van der Waals surface area (Å²) >= 11 is 3.09. The highest BCUT2D eigenvalue weighted by Crippen LogP contribution is 2.31. The van der Waals surface area contributed by atoms with Gasteiger partial charge in [-0.1, -0.05) is 6.92 Å². The molecule has 0 saturated heterocycles. The molecule has 2 aromatic rings. The number of carbonyl (C=O) groups is 1. The Morgan fingerprint density at radius 3 is 2.75 bits per heavy atom. The molecule has 0 spiro atoms. The number of carbonyl (C=O) groups excluding carboxylic acids is 1. The Morgan fingerprint density at radius 1 is 1.44 bits per heavy atom. The molecule has 0 atom stereocenters. The van der Waals surface area contributed by atoms with E-state index in [9.17, 15) is 13.6 Å². The van der Waals surface area contributed by atoms with Crippen molar-refractivity contribution in [2.24, 2.45) is 0 Å². The van der Waals surface area contributed by atoms with Gasteiger partial charge in [-0.2, -0.15) is 4.39 Å². The van der Waals surface area contributed by atoms with Crippen LogP contribution in [0.4, 0.5) is 8.78 Å². The zero-order valence-corrected chi connectivity index (χ0v) is 9.90. The van der Waals surface area contributed by atoms with Crippen LogP contribution in [0.25, 0.3) is 11.0 Å². The molecule has 2 nitrogen and oxygen atoms in total. The van der Waals surface area contributed by atoms with Gasteiger partial charge in [-0.3, -0.25) is 4.79 Å². The fourth-order valence-corrected chi connectivity index (χ4v) is 1.90. The first-order valence-corrected chi connectivity index (χ1v) is 5.44. The molecule has 0 amide bonds. The number of rotatable bonds is 2. The molecule has 0 saturated carbocycles. The highest BCUT2D eigenvalue weighted by molar-refractivity contribution is 9.10. The Labute approximate surface area is 98.4 Å². The van der Waals surface area contributed by atoms with Gasteiger partial charge in [0.15, 0.2) is 22.9 Å². The van der Waals surface area contributed by atoms with Gasteiger partial charge in [0.25, 0.3) is 0 Å². The van der Waals surface area contributed by atoms with Gasteiger partial charge in [-0.05, 0) is 28.1 Å². The van der Waals surface area contributed by atoms with E-state index in [1.54, 1.807) is 6.92 Å². The molecule has 0 fully saturated rings. The molecule has 0 radical (unpaired) electrons. The molecule has 2 rings (SSSR count). The number of furan rings is 1. The molecule has 16 heavy (non-hydrogen) atoms. The van der Waals surface area contributed by atoms with Crippen molar-refractivity contribution in [3.05, 3.63) is 34.0 Å². The molecule has 0 bridgehead atoms. The van der Waals surface area contributed by atoms with Crippen molar-refractivity contribution >= 4 is 32.7 Å². The van der Waals surface area contributed by atoms with Crippen LogP contribution in [0, 0.1) is 11.6 Å². The van der Waals surface area contributed by atoms with Crippen molar-refractivity contribution in [3.63, 3.8) is 0 Å². The Balaban J connectivity index is 2.74. The highest BCUT2D eigenvalue weighted by atomic mass is 79.9. The zero-order chi connectivity index (χ0) is 11.9. The lowest BCUT2D eigenvalue weighted by atomic mass is 10.2. The molecular formula is C11H7BrF2O2. The van der Waals surface area contributed by atoms with Crippen LogP contribution >= 0.6 is 15.9 Å². The topological polar surface area (TPSA) is 30.2 Å². The molecule has 1 aromatic carbocycles. The third-order valence-electron chi connectivity index (χ3n) is 2.25. The van der Waals surface area contributed by atoms with Crippen LogP contribution in [0.15, 0.2) is 21.0 Å². The normalized spacial score (nSPS) is 11.0. The van der Waals surface area contributed by atoms with E-state index >= 15 is 0 Å². The summed E-state index contributed by atoms with van der Waals surface area (Å²) in [6.45, 7) is 1.67. The highest BCUT2D eigenvalue weighted by Gasteiger charge is 2.18. The van der Waals surface area contributed by atoms with E-state index in [2.05, 4.69) is 15.9 Å². The first-order chi connectivity index (χ1) is 7.54. The SMILES string of the molecule is CCC(=O)c1cc2c(Br)cc(F)c(F)c2o1. The molecule has 0 N–H and O–H groups in total. The molecular weight excluding hydrogens is 282 g/mol. The zero-order valence-electron chi connectivity index (χ0n) is 8.31. The van der Waals surface area contributed by atoms with Crippen LogP contribution < -0.4 is 0 Å².